The van der Waals surface area contributed by atoms with Crippen molar-refractivity contribution in [3.05, 3.63) is 0 Å². The molecule has 0 heterocycles. The second-order valence-electron chi connectivity index (χ2n) is 3.09. The fraction of sp³-hybridized carbons (Fsp3) is 0.875. The second-order valence-corrected chi connectivity index (χ2v) is 4.03. The van der Waals surface area contributed by atoms with E-state index in [1.54, 1.807) is 11.8 Å². The summed E-state index contributed by atoms with van der Waals surface area (Å²) in [6.07, 6.45) is 3.05. The lowest BCUT2D eigenvalue weighted by Crippen LogP contribution is -2.23. The molecular weight excluding hydrogens is 142 g/mol. The summed E-state index contributed by atoms with van der Waals surface area (Å²) in [6.45, 7) is 6.40. The van der Waals surface area contributed by atoms with Gasteiger partial charge in [0.2, 0.25) is 0 Å². The number of thioether (sulfide) groups is 1. The Bertz CT molecular complexity index is 135. The third-order valence-corrected chi connectivity index (χ3v) is 3.19. The molecule has 0 rings (SSSR count). The van der Waals surface area contributed by atoms with Gasteiger partial charge in [0.05, 0.1) is 11.3 Å². The highest BCUT2D eigenvalue weighted by Crippen LogP contribution is 2.31. The zero-order valence-corrected chi connectivity index (χ0v) is 7.96. The minimum atomic E-state index is 0.137. The van der Waals surface area contributed by atoms with E-state index in [-0.39, 0.29) is 10.7 Å². The van der Waals surface area contributed by atoms with Gasteiger partial charge < -0.3 is 0 Å². The predicted molar refractivity (Wildman–Crippen MR) is 47.0 cm³/mol. The monoisotopic (exact) mass is 157 g/mol. The number of hydrogen-bond acceptors (Lipinski definition) is 2. The molecule has 1 atom stereocenters. The molecule has 0 radical (unpaired) electrons. The maximum Gasteiger partial charge on any atom is 0.0964 e. The molecule has 0 aromatic rings. The molecule has 0 aromatic heterocycles. The summed E-state index contributed by atoms with van der Waals surface area (Å²) in [4.78, 5) is 0. The molecule has 0 N–H and O–H groups in total. The normalized spacial score (nSPS) is 14.3. The average molecular weight is 157 g/mol. The van der Waals surface area contributed by atoms with Crippen LogP contribution < -0.4 is 0 Å². The van der Waals surface area contributed by atoms with Crippen molar-refractivity contribution in [1.82, 2.24) is 0 Å². The standard InChI is InChI=1S/C8H15NS/c1-5-8(2,3)7(6-9)10-4/h7H,5H2,1-4H3. The van der Waals surface area contributed by atoms with Gasteiger partial charge in [0.15, 0.2) is 0 Å². The highest BCUT2D eigenvalue weighted by molar-refractivity contribution is 7.99. The average Bonchev–Trinajstić information content (AvgIpc) is 1.90. The molecule has 0 aromatic carbocycles. The largest absolute Gasteiger partial charge is 0.197 e. The van der Waals surface area contributed by atoms with Gasteiger partial charge in [0, 0.05) is 0 Å². The molecule has 10 heavy (non-hydrogen) atoms. The van der Waals surface area contributed by atoms with Crippen LogP contribution in [0.1, 0.15) is 27.2 Å². The molecular formula is C8H15NS. The Morgan fingerprint density at radius 2 is 2.10 bits per heavy atom. The van der Waals surface area contributed by atoms with Gasteiger partial charge in [-0.3, -0.25) is 0 Å². The maximum absolute atomic E-state index is 8.72. The Hall–Kier alpha value is -0.160. The molecule has 2 heteroatoms. The summed E-state index contributed by atoms with van der Waals surface area (Å²) in [5.74, 6) is 0. The van der Waals surface area contributed by atoms with Crippen LogP contribution in [0.15, 0.2) is 0 Å². The summed E-state index contributed by atoms with van der Waals surface area (Å²) >= 11 is 1.64. The topological polar surface area (TPSA) is 23.8 Å². The number of rotatable bonds is 3. The zero-order valence-electron chi connectivity index (χ0n) is 7.14. The molecule has 0 aliphatic rings. The summed E-state index contributed by atoms with van der Waals surface area (Å²) in [5, 5.41) is 8.86. The highest BCUT2D eigenvalue weighted by Gasteiger charge is 2.26. The Balaban J connectivity index is 4.15. The van der Waals surface area contributed by atoms with E-state index in [1.807, 2.05) is 6.26 Å². The summed E-state index contributed by atoms with van der Waals surface area (Å²) in [6, 6.07) is 2.31. The van der Waals surface area contributed by atoms with Crippen molar-refractivity contribution in [2.24, 2.45) is 5.41 Å². The fourth-order valence-electron chi connectivity index (χ4n) is 0.732. The summed E-state index contributed by atoms with van der Waals surface area (Å²) in [5.41, 5.74) is 0.161. The van der Waals surface area contributed by atoms with E-state index in [0.717, 1.165) is 6.42 Å². The Labute approximate surface area is 67.8 Å². The first-order chi connectivity index (χ1) is 4.58. The van der Waals surface area contributed by atoms with Crippen LogP contribution in [0, 0.1) is 16.7 Å². The minimum Gasteiger partial charge on any atom is -0.197 e. The van der Waals surface area contributed by atoms with Crippen LogP contribution in [0.2, 0.25) is 0 Å². The van der Waals surface area contributed by atoms with E-state index in [4.69, 9.17) is 5.26 Å². The first kappa shape index (κ1) is 9.84. The molecule has 0 amide bonds. The van der Waals surface area contributed by atoms with Crippen molar-refractivity contribution < 1.29 is 0 Å². The molecule has 0 aliphatic carbocycles. The maximum atomic E-state index is 8.72. The van der Waals surface area contributed by atoms with Crippen molar-refractivity contribution in [2.45, 2.75) is 32.4 Å². The van der Waals surface area contributed by atoms with E-state index in [1.165, 1.54) is 0 Å². The van der Waals surface area contributed by atoms with Crippen LogP contribution in [-0.2, 0) is 0 Å². The van der Waals surface area contributed by atoms with Gasteiger partial charge in [-0.2, -0.15) is 5.26 Å². The first-order valence-electron chi connectivity index (χ1n) is 3.51. The summed E-state index contributed by atoms with van der Waals surface area (Å²) < 4.78 is 0. The third-order valence-electron chi connectivity index (χ3n) is 1.97. The van der Waals surface area contributed by atoms with Crippen molar-refractivity contribution >= 4 is 11.8 Å². The Morgan fingerprint density at radius 1 is 1.60 bits per heavy atom. The minimum absolute atomic E-state index is 0.137. The van der Waals surface area contributed by atoms with Gasteiger partial charge in [-0.05, 0) is 18.1 Å². The summed E-state index contributed by atoms with van der Waals surface area (Å²) in [7, 11) is 0. The van der Waals surface area contributed by atoms with Gasteiger partial charge in [-0.25, -0.2) is 0 Å². The predicted octanol–water partition coefficient (Wildman–Crippen LogP) is 2.68. The van der Waals surface area contributed by atoms with Crippen LogP contribution in [0.3, 0.4) is 0 Å². The molecule has 1 unspecified atom stereocenters. The smallest absolute Gasteiger partial charge is 0.0964 e. The van der Waals surface area contributed by atoms with Crippen molar-refractivity contribution in [3.8, 4) is 6.07 Å². The number of nitriles is 1. The van der Waals surface area contributed by atoms with Crippen LogP contribution in [0.25, 0.3) is 0 Å². The molecule has 0 spiro atoms. The van der Waals surface area contributed by atoms with Crippen LogP contribution in [0.4, 0.5) is 0 Å². The molecule has 0 aliphatic heterocycles. The molecule has 0 saturated heterocycles. The van der Waals surface area contributed by atoms with E-state index in [0.29, 0.717) is 0 Å². The van der Waals surface area contributed by atoms with Crippen molar-refractivity contribution in [3.63, 3.8) is 0 Å². The van der Waals surface area contributed by atoms with E-state index in [2.05, 4.69) is 26.8 Å². The zero-order chi connectivity index (χ0) is 8.20. The number of hydrogen-bond donors (Lipinski definition) is 0. The molecule has 1 nitrogen and oxygen atoms in total. The second kappa shape index (κ2) is 3.88. The van der Waals surface area contributed by atoms with E-state index < -0.39 is 0 Å². The van der Waals surface area contributed by atoms with Gasteiger partial charge in [-0.1, -0.05) is 20.8 Å². The van der Waals surface area contributed by atoms with Gasteiger partial charge in [-0.15, -0.1) is 11.8 Å². The van der Waals surface area contributed by atoms with Gasteiger partial charge in [0.1, 0.15) is 0 Å². The van der Waals surface area contributed by atoms with Crippen LogP contribution >= 0.6 is 11.8 Å². The molecule has 0 fully saturated rings. The van der Waals surface area contributed by atoms with E-state index in [9.17, 15) is 0 Å². The Kier molecular flexibility index (Phi) is 3.81. The Morgan fingerprint density at radius 3 is 2.20 bits per heavy atom. The van der Waals surface area contributed by atoms with Gasteiger partial charge in [0.25, 0.3) is 0 Å². The van der Waals surface area contributed by atoms with Crippen LogP contribution in [0.5, 0.6) is 0 Å². The lowest BCUT2D eigenvalue weighted by molar-refractivity contribution is 0.372. The van der Waals surface area contributed by atoms with Gasteiger partial charge >= 0.3 is 0 Å². The number of nitrogens with zero attached hydrogens (tertiary/aromatic N) is 1. The van der Waals surface area contributed by atoms with Crippen LogP contribution in [-0.4, -0.2) is 11.5 Å². The van der Waals surface area contributed by atoms with Crippen molar-refractivity contribution in [2.75, 3.05) is 6.26 Å². The SMILES string of the molecule is CCC(C)(C)C(C#N)SC. The van der Waals surface area contributed by atoms with Crippen molar-refractivity contribution in [1.29, 1.82) is 5.26 Å². The quantitative estimate of drug-likeness (QED) is 0.629. The lowest BCUT2D eigenvalue weighted by Gasteiger charge is -2.26. The third kappa shape index (κ3) is 2.22. The lowest BCUT2D eigenvalue weighted by atomic mass is 9.87. The highest BCUT2D eigenvalue weighted by atomic mass is 32.2. The fourth-order valence-corrected chi connectivity index (χ4v) is 1.64. The molecule has 58 valence electrons. The first-order valence-corrected chi connectivity index (χ1v) is 4.79. The molecule has 0 bridgehead atoms. The molecule has 0 saturated carbocycles. The van der Waals surface area contributed by atoms with E-state index >= 15 is 0 Å².